The Bertz CT molecular complexity index is 503. The van der Waals surface area contributed by atoms with E-state index in [1.165, 1.54) is 25.7 Å². The highest BCUT2D eigenvalue weighted by Gasteiger charge is 2.65. The van der Waals surface area contributed by atoms with Crippen molar-refractivity contribution in [3.8, 4) is 0 Å². The van der Waals surface area contributed by atoms with Crippen LogP contribution in [0.5, 0.6) is 0 Å². The van der Waals surface area contributed by atoms with Crippen LogP contribution in [0.15, 0.2) is 0 Å². The zero-order valence-corrected chi connectivity index (χ0v) is 14.9. The van der Waals surface area contributed by atoms with E-state index in [1.54, 1.807) is 0 Å². The fourth-order valence-electron chi connectivity index (χ4n) is 7.19. The normalized spacial score (nSPS) is 55.9. The van der Waals surface area contributed by atoms with Crippen molar-refractivity contribution in [2.45, 2.75) is 77.4 Å². The molecule has 23 heavy (non-hydrogen) atoms. The molecule has 5 unspecified atom stereocenters. The van der Waals surface area contributed by atoms with E-state index in [-0.39, 0.29) is 6.10 Å². The molecule has 0 radical (unpaired) electrons. The van der Waals surface area contributed by atoms with Gasteiger partial charge in [-0.25, -0.2) is 0 Å². The van der Waals surface area contributed by atoms with Crippen molar-refractivity contribution in [3.05, 3.63) is 0 Å². The summed E-state index contributed by atoms with van der Waals surface area (Å²) in [6, 6.07) is 0. The van der Waals surface area contributed by atoms with Gasteiger partial charge in [0, 0.05) is 13.5 Å². The Labute approximate surface area is 140 Å². The van der Waals surface area contributed by atoms with Crippen LogP contribution in [0.2, 0.25) is 0 Å². The molecule has 0 aromatic carbocycles. The standard InChI is InChI=1S/C20H32O3/c1-19-9-5-4-6-12(19)10-15(23-3)18-13-7-8-16(21)20(13,2)17(22)11-14(18)19/h12-16,18,21H,4-11H2,1-3H3/t12?,13?,14?,15?,16-,18?,19-,20-/m0/s1. The van der Waals surface area contributed by atoms with Gasteiger partial charge in [0.2, 0.25) is 0 Å². The molecule has 4 saturated carbocycles. The first-order chi connectivity index (χ1) is 10.9. The van der Waals surface area contributed by atoms with Crippen molar-refractivity contribution in [2.75, 3.05) is 7.11 Å². The summed E-state index contributed by atoms with van der Waals surface area (Å²) in [4.78, 5) is 13.1. The minimum absolute atomic E-state index is 0.277. The lowest BCUT2D eigenvalue weighted by Gasteiger charge is -2.61. The first-order valence-electron chi connectivity index (χ1n) is 9.67. The Kier molecular flexibility index (Phi) is 3.70. The van der Waals surface area contributed by atoms with Crippen LogP contribution in [-0.2, 0) is 9.53 Å². The van der Waals surface area contributed by atoms with E-state index in [0.29, 0.717) is 41.3 Å². The number of carbonyl (C=O) groups is 1. The number of Topliss-reactive ketones (excluding diaryl/α,β-unsaturated/α-hetero) is 1. The van der Waals surface area contributed by atoms with Crippen molar-refractivity contribution < 1.29 is 14.6 Å². The number of carbonyl (C=O) groups excluding carboxylic acids is 1. The van der Waals surface area contributed by atoms with Crippen LogP contribution in [-0.4, -0.2) is 30.2 Å². The highest BCUT2D eigenvalue weighted by atomic mass is 16.5. The highest BCUT2D eigenvalue weighted by Crippen LogP contribution is 2.65. The molecule has 0 amide bonds. The number of rotatable bonds is 1. The third-order valence-corrected chi connectivity index (χ3v) is 8.70. The van der Waals surface area contributed by atoms with Crippen molar-refractivity contribution in [1.29, 1.82) is 0 Å². The smallest absolute Gasteiger partial charge is 0.141 e. The number of ether oxygens (including phenoxy) is 1. The lowest BCUT2D eigenvalue weighted by atomic mass is 9.44. The second-order valence-electron chi connectivity index (χ2n) is 9.25. The number of ketones is 1. The summed E-state index contributed by atoms with van der Waals surface area (Å²) in [6.07, 6.45) is 8.65. The third kappa shape index (κ3) is 1.99. The quantitative estimate of drug-likeness (QED) is 0.803. The van der Waals surface area contributed by atoms with E-state index in [9.17, 15) is 9.90 Å². The van der Waals surface area contributed by atoms with Crippen molar-refractivity contribution in [1.82, 2.24) is 0 Å². The number of methoxy groups -OCH3 is 1. The largest absolute Gasteiger partial charge is 0.392 e. The zero-order valence-electron chi connectivity index (χ0n) is 14.9. The highest BCUT2D eigenvalue weighted by molar-refractivity contribution is 5.87. The molecule has 0 saturated heterocycles. The molecule has 0 heterocycles. The van der Waals surface area contributed by atoms with Gasteiger partial charge in [-0.15, -0.1) is 0 Å². The van der Waals surface area contributed by atoms with E-state index < -0.39 is 11.5 Å². The Balaban J connectivity index is 1.76. The summed E-state index contributed by atoms with van der Waals surface area (Å²) in [7, 11) is 1.85. The van der Waals surface area contributed by atoms with Crippen LogP contribution in [0.1, 0.15) is 65.2 Å². The molecule has 4 rings (SSSR count). The second-order valence-corrected chi connectivity index (χ2v) is 9.25. The minimum atomic E-state index is -0.518. The molecule has 0 aromatic rings. The summed E-state index contributed by atoms with van der Waals surface area (Å²) >= 11 is 0. The summed E-state index contributed by atoms with van der Waals surface area (Å²) < 4.78 is 5.99. The average molecular weight is 320 g/mol. The van der Waals surface area contributed by atoms with Crippen LogP contribution >= 0.6 is 0 Å². The molecule has 8 atom stereocenters. The molecule has 0 spiro atoms. The van der Waals surface area contributed by atoms with Crippen LogP contribution in [0.4, 0.5) is 0 Å². The molecule has 4 aliphatic carbocycles. The van der Waals surface area contributed by atoms with Gasteiger partial charge in [0.25, 0.3) is 0 Å². The van der Waals surface area contributed by atoms with Gasteiger partial charge in [-0.05, 0) is 68.1 Å². The lowest BCUT2D eigenvalue weighted by Crippen LogP contribution is -2.61. The van der Waals surface area contributed by atoms with Gasteiger partial charge in [-0.1, -0.05) is 19.8 Å². The van der Waals surface area contributed by atoms with Gasteiger partial charge in [0.1, 0.15) is 5.78 Å². The van der Waals surface area contributed by atoms with E-state index in [1.807, 2.05) is 14.0 Å². The van der Waals surface area contributed by atoms with Gasteiger partial charge in [0.15, 0.2) is 0 Å². The molecule has 0 bridgehead atoms. The topological polar surface area (TPSA) is 46.5 Å². The minimum Gasteiger partial charge on any atom is -0.392 e. The maximum absolute atomic E-state index is 13.1. The molecule has 3 heteroatoms. The molecule has 0 aromatic heterocycles. The second kappa shape index (κ2) is 5.29. The average Bonchev–Trinajstić information content (AvgIpc) is 2.84. The maximum atomic E-state index is 13.1. The Morgan fingerprint density at radius 1 is 1.13 bits per heavy atom. The van der Waals surface area contributed by atoms with E-state index in [2.05, 4.69) is 6.92 Å². The van der Waals surface area contributed by atoms with Gasteiger partial charge < -0.3 is 9.84 Å². The van der Waals surface area contributed by atoms with Crippen molar-refractivity contribution in [2.24, 2.45) is 34.5 Å². The van der Waals surface area contributed by atoms with E-state index >= 15 is 0 Å². The SMILES string of the molecule is COC1CC2CCCC[C@]2(C)C2CC(=O)[C@@]3(C)C(CC[C@@H]3O)C12. The first-order valence-corrected chi connectivity index (χ1v) is 9.67. The van der Waals surface area contributed by atoms with Crippen molar-refractivity contribution in [3.63, 3.8) is 0 Å². The van der Waals surface area contributed by atoms with Gasteiger partial charge in [-0.2, -0.15) is 0 Å². The Morgan fingerprint density at radius 2 is 1.91 bits per heavy atom. The Morgan fingerprint density at radius 3 is 2.65 bits per heavy atom. The molecule has 130 valence electrons. The van der Waals surface area contributed by atoms with Crippen LogP contribution < -0.4 is 0 Å². The number of hydrogen-bond acceptors (Lipinski definition) is 3. The van der Waals surface area contributed by atoms with Gasteiger partial charge in [0.05, 0.1) is 17.6 Å². The predicted octanol–water partition coefficient (Wildman–Crippen LogP) is 3.58. The van der Waals surface area contributed by atoms with Gasteiger partial charge in [-0.3, -0.25) is 4.79 Å². The number of aliphatic hydroxyl groups excluding tert-OH is 1. The van der Waals surface area contributed by atoms with E-state index in [0.717, 1.165) is 19.3 Å². The monoisotopic (exact) mass is 320 g/mol. The summed E-state index contributed by atoms with van der Waals surface area (Å²) in [5, 5.41) is 10.5. The summed E-state index contributed by atoms with van der Waals surface area (Å²) in [6.45, 7) is 4.50. The van der Waals surface area contributed by atoms with Crippen LogP contribution in [0.3, 0.4) is 0 Å². The van der Waals surface area contributed by atoms with Crippen LogP contribution in [0, 0.1) is 34.5 Å². The first kappa shape index (κ1) is 16.1. The molecule has 0 aliphatic heterocycles. The maximum Gasteiger partial charge on any atom is 0.141 e. The molecule has 4 aliphatic rings. The Hall–Kier alpha value is -0.410. The molecule has 4 fully saturated rings. The summed E-state index contributed by atoms with van der Waals surface area (Å²) in [5.41, 5.74) is -0.210. The number of hydrogen-bond donors (Lipinski definition) is 1. The molecule has 1 N–H and O–H groups in total. The zero-order chi connectivity index (χ0) is 16.4. The fraction of sp³-hybridized carbons (Fsp3) is 0.950. The number of aliphatic hydroxyl groups is 1. The third-order valence-electron chi connectivity index (χ3n) is 8.70. The summed E-state index contributed by atoms with van der Waals surface area (Å²) in [5.74, 6) is 2.27. The molecule has 3 nitrogen and oxygen atoms in total. The van der Waals surface area contributed by atoms with Gasteiger partial charge >= 0.3 is 0 Å². The lowest BCUT2D eigenvalue weighted by molar-refractivity contribution is -0.182. The van der Waals surface area contributed by atoms with Crippen molar-refractivity contribution >= 4 is 5.78 Å². The fourth-order valence-corrected chi connectivity index (χ4v) is 7.19. The van der Waals surface area contributed by atoms with E-state index in [4.69, 9.17) is 4.74 Å². The number of fused-ring (bicyclic) bond motifs is 5. The van der Waals surface area contributed by atoms with Crippen LogP contribution in [0.25, 0.3) is 0 Å². The molecular formula is C20H32O3. The predicted molar refractivity (Wildman–Crippen MR) is 88.9 cm³/mol. The molecular weight excluding hydrogens is 288 g/mol.